The minimum atomic E-state index is -0.421. The number of hydrogen-bond donors (Lipinski definition) is 1. The topological polar surface area (TPSA) is 74.4 Å². The Morgan fingerprint density at radius 3 is 2.81 bits per heavy atom. The van der Waals surface area contributed by atoms with Gasteiger partial charge in [0, 0.05) is 29.7 Å². The molecule has 0 atom stereocenters. The molecule has 0 saturated heterocycles. The van der Waals surface area contributed by atoms with E-state index in [-0.39, 0.29) is 0 Å². The Morgan fingerprint density at radius 2 is 2.10 bits per heavy atom. The highest BCUT2D eigenvalue weighted by Gasteiger charge is 2.14. The van der Waals surface area contributed by atoms with Crippen LogP contribution < -0.4 is 10.5 Å². The lowest BCUT2D eigenvalue weighted by molar-refractivity contribution is 0.0521. The molecular weight excluding hydrogens is 268 g/mol. The molecule has 0 saturated carbocycles. The predicted octanol–water partition coefficient (Wildman–Crippen LogP) is 2.73. The molecule has 0 aliphatic rings. The number of hydrogen-bond acceptors (Lipinski definition) is 5. The van der Waals surface area contributed by atoms with E-state index in [1.165, 1.54) is 0 Å². The zero-order chi connectivity index (χ0) is 15.2. The smallest absolute Gasteiger partial charge is 0.341 e. The van der Waals surface area contributed by atoms with Crippen molar-refractivity contribution >= 4 is 11.7 Å². The minimum Gasteiger partial charge on any atom is -0.488 e. The van der Waals surface area contributed by atoms with E-state index in [0.29, 0.717) is 30.2 Å². The van der Waals surface area contributed by atoms with Crippen LogP contribution in [-0.2, 0) is 11.3 Å². The summed E-state index contributed by atoms with van der Waals surface area (Å²) in [5, 5.41) is 0. The number of aromatic nitrogens is 1. The SMILES string of the molecule is CCOC(=O)c1ccc(N)cc1OCc1cncc(C)c1. The average molecular weight is 286 g/mol. The number of nitrogen functional groups attached to an aromatic ring is 1. The molecule has 1 aromatic carbocycles. The zero-order valence-electron chi connectivity index (χ0n) is 12.1. The summed E-state index contributed by atoms with van der Waals surface area (Å²) in [6, 6.07) is 6.85. The van der Waals surface area contributed by atoms with Crippen LogP contribution in [0.3, 0.4) is 0 Å². The maximum Gasteiger partial charge on any atom is 0.341 e. The Kier molecular flexibility index (Phi) is 4.77. The number of carbonyl (C=O) groups is 1. The summed E-state index contributed by atoms with van der Waals surface area (Å²) in [6.45, 7) is 4.34. The molecule has 2 rings (SSSR count). The molecule has 0 amide bonds. The van der Waals surface area contributed by atoms with Crippen molar-refractivity contribution in [3.8, 4) is 5.75 Å². The Labute approximate surface area is 123 Å². The molecule has 2 aromatic rings. The summed E-state index contributed by atoms with van der Waals surface area (Å²) < 4.78 is 10.7. The fourth-order valence-electron chi connectivity index (χ4n) is 1.89. The number of ether oxygens (including phenoxy) is 2. The molecular formula is C16H18N2O3. The van der Waals surface area contributed by atoms with Crippen LogP contribution in [0.2, 0.25) is 0 Å². The van der Waals surface area contributed by atoms with Crippen LogP contribution >= 0.6 is 0 Å². The fourth-order valence-corrected chi connectivity index (χ4v) is 1.89. The van der Waals surface area contributed by atoms with Crippen LogP contribution in [0.15, 0.2) is 36.7 Å². The average Bonchev–Trinajstić information content (AvgIpc) is 2.45. The second-order valence-corrected chi connectivity index (χ2v) is 4.64. The van der Waals surface area contributed by atoms with Crippen molar-refractivity contribution in [2.24, 2.45) is 0 Å². The molecule has 1 heterocycles. The van der Waals surface area contributed by atoms with E-state index in [4.69, 9.17) is 15.2 Å². The highest BCUT2D eigenvalue weighted by molar-refractivity contribution is 5.93. The van der Waals surface area contributed by atoms with Crippen LogP contribution in [0.25, 0.3) is 0 Å². The molecule has 5 nitrogen and oxygen atoms in total. The lowest BCUT2D eigenvalue weighted by atomic mass is 10.2. The molecule has 21 heavy (non-hydrogen) atoms. The number of carbonyl (C=O) groups excluding carboxylic acids is 1. The van der Waals surface area contributed by atoms with Crippen molar-refractivity contribution in [2.45, 2.75) is 20.5 Å². The molecule has 0 radical (unpaired) electrons. The number of esters is 1. The first-order chi connectivity index (χ1) is 10.1. The van der Waals surface area contributed by atoms with E-state index in [9.17, 15) is 4.79 Å². The van der Waals surface area contributed by atoms with Crippen LogP contribution in [0.1, 0.15) is 28.4 Å². The number of anilines is 1. The molecule has 0 aliphatic heterocycles. The Bertz CT molecular complexity index is 641. The monoisotopic (exact) mass is 286 g/mol. The lowest BCUT2D eigenvalue weighted by Crippen LogP contribution is -2.08. The van der Waals surface area contributed by atoms with Gasteiger partial charge >= 0.3 is 5.97 Å². The van der Waals surface area contributed by atoms with Crippen molar-refractivity contribution in [2.75, 3.05) is 12.3 Å². The van der Waals surface area contributed by atoms with E-state index in [1.54, 1.807) is 37.5 Å². The molecule has 0 spiro atoms. The van der Waals surface area contributed by atoms with Gasteiger partial charge in [0.05, 0.1) is 6.61 Å². The van der Waals surface area contributed by atoms with E-state index >= 15 is 0 Å². The summed E-state index contributed by atoms with van der Waals surface area (Å²) in [4.78, 5) is 16.0. The van der Waals surface area contributed by atoms with Gasteiger partial charge in [-0.1, -0.05) is 0 Å². The first kappa shape index (κ1) is 14.8. The molecule has 1 aromatic heterocycles. The van der Waals surface area contributed by atoms with E-state index in [1.807, 2.05) is 13.0 Å². The highest BCUT2D eigenvalue weighted by atomic mass is 16.5. The molecule has 110 valence electrons. The second kappa shape index (κ2) is 6.74. The quantitative estimate of drug-likeness (QED) is 0.675. The highest BCUT2D eigenvalue weighted by Crippen LogP contribution is 2.24. The Balaban J connectivity index is 2.18. The molecule has 0 aliphatic carbocycles. The number of nitrogens with zero attached hydrogens (tertiary/aromatic N) is 1. The van der Waals surface area contributed by atoms with Gasteiger partial charge in [0.25, 0.3) is 0 Å². The molecule has 2 N–H and O–H groups in total. The van der Waals surface area contributed by atoms with Crippen molar-refractivity contribution in [1.29, 1.82) is 0 Å². The first-order valence-corrected chi connectivity index (χ1v) is 6.70. The molecule has 0 unspecified atom stereocenters. The molecule has 0 bridgehead atoms. The Hall–Kier alpha value is -2.56. The molecule has 0 fully saturated rings. The van der Waals surface area contributed by atoms with Gasteiger partial charge in [-0.25, -0.2) is 4.79 Å². The number of aryl methyl sites for hydroxylation is 1. The third kappa shape index (κ3) is 3.95. The third-order valence-electron chi connectivity index (χ3n) is 2.83. The summed E-state index contributed by atoms with van der Waals surface area (Å²) in [7, 11) is 0. The van der Waals surface area contributed by atoms with E-state index in [0.717, 1.165) is 11.1 Å². The maximum atomic E-state index is 11.9. The summed E-state index contributed by atoms with van der Waals surface area (Å²) >= 11 is 0. The summed E-state index contributed by atoms with van der Waals surface area (Å²) in [6.07, 6.45) is 3.50. The Morgan fingerprint density at radius 1 is 1.29 bits per heavy atom. The number of nitrogens with two attached hydrogens (primary N) is 1. The van der Waals surface area contributed by atoms with Gasteiger partial charge in [0.2, 0.25) is 0 Å². The van der Waals surface area contributed by atoms with Crippen LogP contribution in [0.4, 0.5) is 5.69 Å². The summed E-state index contributed by atoms with van der Waals surface area (Å²) in [5.74, 6) is -0.00942. The van der Waals surface area contributed by atoms with Gasteiger partial charge in [-0.05, 0) is 37.6 Å². The van der Waals surface area contributed by atoms with Crippen LogP contribution in [0.5, 0.6) is 5.75 Å². The van der Waals surface area contributed by atoms with Crippen molar-refractivity contribution in [3.63, 3.8) is 0 Å². The standard InChI is InChI=1S/C16H18N2O3/c1-3-20-16(19)14-5-4-13(17)7-15(14)21-10-12-6-11(2)8-18-9-12/h4-9H,3,10,17H2,1-2H3. The largest absolute Gasteiger partial charge is 0.488 e. The molecule has 5 heteroatoms. The van der Waals surface area contributed by atoms with Crippen LogP contribution in [-0.4, -0.2) is 17.6 Å². The minimum absolute atomic E-state index is 0.310. The van der Waals surface area contributed by atoms with Gasteiger partial charge in [-0.15, -0.1) is 0 Å². The normalized spacial score (nSPS) is 10.2. The van der Waals surface area contributed by atoms with Gasteiger partial charge in [-0.2, -0.15) is 0 Å². The number of pyridine rings is 1. The lowest BCUT2D eigenvalue weighted by Gasteiger charge is -2.12. The third-order valence-corrected chi connectivity index (χ3v) is 2.83. The number of rotatable bonds is 5. The first-order valence-electron chi connectivity index (χ1n) is 6.70. The van der Waals surface area contributed by atoms with Gasteiger partial charge in [0.15, 0.2) is 0 Å². The second-order valence-electron chi connectivity index (χ2n) is 4.64. The predicted molar refractivity (Wildman–Crippen MR) is 80.1 cm³/mol. The zero-order valence-corrected chi connectivity index (χ0v) is 12.1. The summed E-state index contributed by atoms with van der Waals surface area (Å²) in [5.41, 5.74) is 8.62. The van der Waals surface area contributed by atoms with E-state index in [2.05, 4.69) is 4.98 Å². The van der Waals surface area contributed by atoms with Gasteiger partial charge < -0.3 is 15.2 Å². The van der Waals surface area contributed by atoms with Crippen molar-refractivity contribution in [1.82, 2.24) is 4.98 Å². The van der Waals surface area contributed by atoms with Crippen molar-refractivity contribution < 1.29 is 14.3 Å². The maximum absolute atomic E-state index is 11.9. The van der Waals surface area contributed by atoms with Gasteiger partial charge in [-0.3, -0.25) is 4.98 Å². The fraction of sp³-hybridized carbons (Fsp3) is 0.250. The number of benzene rings is 1. The van der Waals surface area contributed by atoms with E-state index < -0.39 is 5.97 Å². The van der Waals surface area contributed by atoms with Gasteiger partial charge in [0.1, 0.15) is 17.9 Å². The van der Waals surface area contributed by atoms with Crippen LogP contribution in [0, 0.1) is 6.92 Å². The van der Waals surface area contributed by atoms with Crippen molar-refractivity contribution in [3.05, 3.63) is 53.3 Å².